The standard InChI is InChI=1S/C9H17NO2/c11-4-3-9(1-2-9)7-10-8-5-12-6-8/h8,10-11H,1-7H2. The van der Waals surface area contributed by atoms with Gasteiger partial charge in [0.2, 0.25) is 0 Å². The molecule has 0 bridgehead atoms. The summed E-state index contributed by atoms with van der Waals surface area (Å²) in [7, 11) is 0. The molecule has 12 heavy (non-hydrogen) atoms. The maximum absolute atomic E-state index is 8.83. The predicted molar refractivity (Wildman–Crippen MR) is 46.0 cm³/mol. The van der Waals surface area contributed by atoms with Crippen molar-refractivity contribution >= 4 is 0 Å². The molecule has 0 unspecified atom stereocenters. The molecular formula is C9H17NO2. The molecule has 70 valence electrons. The zero-order valence-corrected chi connectivity index (χ0v) is 7.38. The number of nitrogens with one attached hydrogen (secondary N) is 1. The Morgan fingerprint density at radius 1 is 1.42 bits per heavy atom. The average molecular weight is 171 g/mol. The maximum atomic E-state index is 8.83. The first kappa shape index (κ1) is 8.48. The van der Waals surface area contributed by atoms with Crippen LogP contribution in [0.25, 0.3) is 0 Å². The fraction of sp³-hybridized carbons (Fsp3) is 1.00. The fourth-order valence-electron chi connectivity index (χ4n) is 1.64. The predicted octanol–water partition coefficient (Wildman–Crippen LogP) is 0.137. The topological polar surface area (TPSA) is 41.5 Å². The Bertz CT molecular complexity index is 153. The third-order valence-electron chi connectivity index (χ3n) is 3.00. The van der Waals surface area contributed by atoms with Crippen LogP contribution in [0.2, 0.25) is 0 Å². The molecule has 3 nitrogen and oxygen atoms in total. The summed E-state index contributed by atoms with van der Waals surface area (Å²) in [6.07, 6.45) is 3.54. The highest BCUT2D eigenvalue weighted by atomic mass is 16.5. The number of aliphatic hydroxyl groups is 1. The van der Waals surface area contributed by atoms with Crippen LogP contribution >= 0.6 is 0 Å². The summed E-state index contributed by atoms with van der Waals surface area (Å²) >= 11 is 0. The van der Waals surface area contributed by atoms with Crippen LogP contribution in [-0.4, -0.2) is 37.5 Å². The Morgan fingerprint density at radius 3 is 2.58 bits per heavy atom. The van der Waals surface area contributed by atoms with Crippen LogP contribution in [0.4, 0.5) is 0 Å². The van der Waals surface area contributed by atoms with Crippen LogP contribution in [0, 0.1) is 5.41 Å². The van der Waals surface area contributed by atoms with Gasteiger partial charge in [-0.2, -0.15) is 0 Å². The Morgan fingerprint density at radius 2 is 2.17 bits per heavy atom. The summed E-state index contributed by atoms with van der Waals surface area (Å²) < 4.78 is 5.07. The zero-order chi connectivity index (χ0) is 8.44. The molecule has 0 aromatic heterocycles. The van der Waals surface area contributed by atoms with Gasteiger partial charge in [0, 0.05) is 13.2 Å². The number of hydrogen-bond acceptors (Lipinski definition) is 3. The van der Waals surface area contributed by atoms with Gasteiger partial charge in [-0.15, -0.1) is 0 Å². The molecule has 1 saturated heterocycles. The summed E-state index contributed by atoms with van der Waals surface area (Å²) in [5, 5.41) is 12.3. The quantitative estimate of drug-likeness (QED) is 0.618. The largest absolute Gasteiger partial charge is 0.396 e. The fourth-order valence-corrected chi connectivity index (χ4v) is 1.64. The van der Waals surface area contributed by atoms with Crippen LogP contribution in [0.3, 0.4) is 0 Å². The Kier molecular flexibility index (Phi) is 2.35. The lowest BCUT2D eigenvalue weighted by Crippen LogP contribution is -2.47. The Balaban J connectivity index is 1.64. The molecular weight excluding hydrogens is 154 g/mol. The molecule has 3 heteroatoms. The first-order valence-corrected chi connectivity index (χ1v) is 4.77. The van der Waals surface area contributed by atoms with Gasteiger partial charge in [0.15, 0.2) is 0 Å². The number of aliphatic hydroxyl groups excluding tert-OH is 1. The van der Waals surface area contributed by atoms with E-state index in [1.165, 1.54) is 12.8 Å². The first-order chi connectivity index (χ1) is 5.85. The third-order valence-corrected chi connectivity index (χ3v) is 3.00. The molecule has 1 heterocycles. The van der Waals surface area contributed by atoms with E-state index in [9.17, 15) is 0 Å². The Labute approximate surface area is 73.1 Å². The van der Waals surface area contributed by atoms with E-state index in [4.69, 9.17) is 9.84 Å². The highest BCUT2D eigenvalue weighted by Crippen LogP contribution is 2.47. The second-order valence-corrected chi connectivity index (χ2v) is 4.09. The van der Waals surface area contributed by atoms with E-state index < -0.39 is 0 Å². The maximum Gasteiger partial charge on any atom is 0.0643 e. The Hall–Kier alpha value is -0.120. The highest BCUT2D eigenvalue weighted by Gasteiger charge is 2.42. The normalized spacial score (nSPS) is 26.8. The summed E-state index contributed by atoms with van der Waals surface area (Å²) in [5.74, 6) is 0. The zero-order valence-electron chi connectivity index (χ0n) is 7.38. The summed E-state index contributed by atoms with van der Waals surface area (Å²) in [5.41, 5.74) is 0.449. The van der Waals surface area contributed by atoms with Gasteiger partial charge in [0.05, 0.1) is 19.3 Å². The minimum absolute atomic E-state index is 0.336. The van der Waals surface area contributed by atoms with Gasteiger partial charge in [-0.1, -0.05) is 0 Å². The van der Waals surface area contributed by atoms with Gasteiger partial charge in [0.25, 0.3) is 0 Å². The molecule has 2 N–H and O–H groups in total. The molecule has 1 saturated carbocycles. The molecule has 1 aliphatic carbocycles. The molecule has 0 aromatic carbocycles. The number of hydrogen-bond donors (Lipinski definition) is 2. The van der Waals surface area contributed by atoms with Crippen LogP contribution in [-0.2, 0) is 4.74 Å². The van der Waals surface area contributed by atoms with Gasteiger partial charge >= 0.3 is 0 Å². The van der Waals surface area contributed by atoms with Crippen molar-refractivity contribution < 1.29 is 9.84 Å². The van der Waals surface area contributed by atoms with Crippen molar-refractivity contribution in [2.75, 3.05) is 26.4 Å². The van der Waals surface area contributed by atoms with Gasteiger partial charge in [-0.05, 0) is 24.7 Å². The van der Waals surface area contributed by atoms with Crippen molar-refractivity contribution in [1.29, 1.82) is 0 Å². The van der Waals surface area contributed by atoms with Gasteiger partial charge in [-0.25, -0.2) is 0 Å². The molecule has 1 aliphatic heterocycles. The minimum atomic E-state index is 0.336. The van der Waals surface area contributed by atoms with E-state index in [2.05, 4.69) is 5.32 Å². The monoisotopic (exact) mass is 171 g/mol. The average Bonchev–Trinajstić information content (AvgIpc) is 2.67. The van der Waals surface area contributed by atoms with E-state index in [0.717, 1.165) is 26.2 Å². The van der Waals surface area contributed by atoms with E-state index in [1.54, 1.807) is 0 Å². The van der Waals surface area contributed by atoms with Crippen LogP contribution in [0.1, 0.15) is 19.3 Å². The van der Waals surface area contributed by atoms with Crippen molar-refractivity contribution in [3.63, 3.8) is 0 Å². The van der Waals surface area contributed by atoms with Crippen molar-refractivity contribution in [3.05, 3.63) is 0 Å². The second kappa shape index (κ2) is 3.32. The van der Waals surface area contributed by atoms with Crippen molar-refractivity contribution in [3.8, 4) is 0 Å². The molecule has 2 aliphatic rings. The SMILES string of the molecule is OCCC1(CNC2COC2)CC1. The van der Waals surface area contributed by atoms with Crippen LogP contribution < -0.4 is 5.32 Å². The summed E-state index contributed by atoms with van der Waals surface area (Å²) in [6.45, 7) is 3.15. The molecule has 0 atom stereocenters. The van der Waals surface area contributed by atoms with Crippen LogP contribution in [0.5, 0.6) is 0 Å². The summed E-state index contributed by atoms with van der Waals surface area (Å²) in [6, 6.07) is 0.584. The number of ether oxygens (including phenoxy) is 1. The number of rotatable bonds is 5. The minimum Gasteiger partial charge on any atom is -0.396 e. The molecule has 0 spiro atoms. The van der Waals surface area contributed by atoms with Crippen molar-refractivity contribution in [1.82, 2.24) is 5.32 Å². The van der Waals surface area contributed by atoms with E-state index in [0.29, 0.717) is 18.1 Å². The molecule has 2 rings (SSSR count). The molecule has 0 amide bonds. The van der Waals surface area contributed by atoms with Gasteiger partial charge < -0.3 is 15.2 Å². The van der Waals surface area contributed by atoms with E-state index in [-0.39, 0.29) is 0 Å². The lowest BCUT2D eigenvalue weighted by molar-refractivity contribution is -0.00741. The smallest absolute Gasteiger partial charge is 0.0643 e. The van der Waals surface area contributed by atoms with Gasteiger partial charge in [-0.3, -0.25) is 0 Å². The lowest BCUT2D eigenvalue weighted by Gasteiger charge is -2.29. The van der Waals surface area contributed by atoms with Crippen LogP contribution in [0.15, 0.2) is 0 Å². The highest BCUT2D eigenvalue weighted by molar-refractivity contribution is 4.95. The van der Waals surface area contributed by atoms with E-state index >= 15 is 0 Å². The lowest BCUT2D eigenvalue weighted by atomic mass is 10.0. The van der Waals surface area contributed by atoms with Crippen molar-refractivity contribution in [2.24, 2.45) is 5.41 Å². The molecule has 0 aromatic rings. The van der Waals surface area contributed by atoms with Gasteiger partial charge in [0.1, 0.15) is 0 Å². The van der Waals surface area contributed by atoms with E-state index in [1.807, 2.05) is 0 Å². The molecule has 0 radical (unpaired) electrons. The van der Waals surface area contributed by atoms with Crippen molar-refractivity contribution in [2.45, 2.75) is 25.3 Å². The summed E-state index contributed by atoms with van der Waals surface area (Å²) in [4.78, 5) is 0. The molecule has 2 fully saturated rings. The second-order valence-electron chi connectivity index (χ2n) is 4.09. The third kappa shape index (κ3) is 1.79. The first-order valence-electron chi connectivity index (χ1n) is 4.77.